The molecule has 22 heavy (non-hydrogen) atoms. The van der Waals surface area contributed by atoms with Crippen molar-refractivity contribution in [1.29, 1.82) is 0 Å². The Morgan fingerprint density at radius 2 is 1.82 bits per heavy atom. The van der Waals surface area contributed by atoms with Crippen LogP contribution in [0.4, 0.5) is 8.78 Å². The van der Waals surface area contributed by atoms with E-state index in [0.717, 1.165) is 5.56 Å². The van der Waals surface area contributed by atoms with E-state index in [-0.39, 0.29) is 29.4 Å². The topological polar surface area (TPSA) is 20.3 Å². The first-order valence-electron chi connectivity index (χ1n) is 7.30. The van der Waals surface area contributed by atoms with E-state index >= 15 is 0 Å². The molecule has 2 aromatic rings. The Kier molecular flexibility index (Phi) is 3.92. The van der Waals surface area contributed by atoms with Crippen LogP contribution in [0.2, 0.25) is 0 Å². The molecule has 114 valence electrons. The van der Waals surface area contributed by atoms with Gasteiger partial charge in [-0.3, -0.25) is 4.79 Å². The third kappa shape index (κ3) is 3.01. The van der Waals surface area contributed by atoms with E-state index in [9.17, 15) is 13.6 Å². The molecule has 3 rings (SSSR count). The molecular formula is C18H17F2NO. The summed E-state index contributed by atoms with van der Waals surface area (Å²) in [5.41, 5.74) is 1.50. The van der Waals surface area contributed by atoms with Crippen LogP contribution >= 0.6 is 0 Å². The van der Waals surface area contributed by atoms with Crippen molar-refractivity contribution >= 4 is 5.91 Å². The maximum Gasteiger partial charge on any atom is 0.226 e. The van der Waals surface area contributed by atoms with Gasteiger partial charge in [-0.1, -0.05) is 30.3 Å². The Balaban J connectivity index is 1.63. The Bertz CT molecular complexity index is 684. The van der Waals surface area contributed by atoms with Gasteiger partial charge in [-0.2, -0.15) is 0 Å². The average molecular weight is 301 g/mol. The Hall–Kier alpha value is -2.23. The molecule has 0 radical (unpaired) electrons. The van der Waals surface area contributed by atoms with E-state index < -0.39 is 0 Å². The van der Waals surface area contributed by atoms with Crippen molar-refractivity contribution in [2.45, 2.75) is 18.9 Å². The summed E-state index contributed by atoms with van der Waals surface area (Å²) in [5, 5.41) is 0. The first kappa shape index (κ1) is 14.7. The molecule has 1 amide bonds. The smallest absolute Gasteiger partial charge is 0.226 e. The van der Waals surface area contributed by atoms with Gasteiger partial charge in [0, 0.05) is 19.5 Å². The maximum absolute atomic E-state index is 13.7. The van der Waals surface area contributed by atoms with Crippen LogP contribution < -0.4 is 0 Å². The largest absolute Gasteiger partial charge is 0.341 e. The lowest BCUT2D eigenvalue weighted by atomic mass is 10.1. The minimum Gasteiger partial charge on any atom is -0.341 e. The van der Waals surface area contributed by atoms with Crippen molar-refractivity contribution in [1.82, 2.24) is 4.90 Å². The molecule has 2 unspecified atom stereocenters. The normalized spacial score (nSPS) is 19.8. The summed E-state index contributed by atoms with van der Waals surface area (Å²) in [5.74, 6) is -0.701. The van der Waals surface area contributed by atoms with Gasteiger partial charge < -0.3 is 4.90 Å². The number of hydrogen-bond donors (Lipinski definition) is 0. The molecule has 2 nitrogen and oxygen atoms in total. The van der Waals surface area contributed by atoms with Crippen molar-refractivity contribution in [3.63, 3.8) is 0 Å². The van der Waals surface area contributed by atoms with Crippen molar-refractivity contribution in [3.05, 3.63) is 71.3 Å². The van der Waals surface area contributed by atoms with Crippen LogP contribution in [-0.2, 0) is 11.3 Å². The third-order valence-electron chi connectivity index (χ3n) is 4.12. The van der Waals surface area contributed by atoms with Crippen molar-refractivity contribution in [2.24, 2.45) is 5.92 Å². The molecule has 1 fully saturated rings. The van der Waals surface area contributed by atoms with Gasteiger partial charge >= 0.3 is 0 Å². The van der Waals surface area contributed by atoms with Crippen molar-refractivity contribution < 1.29 is 13.6 Å². The van der Waals surface area contributed by atoms with Crippen LogP contribution in [-0.4, -0.2) is 17.9 Å². The van der Waals surface area contributed by atoms with Crippen LogP contribution in [0.25, 0.3) is 0 Å². The van der Waals surface area contributed by atoms with Crippen LogP contribution in [0, 0.1) is 17.6 Å². The summed E-state index contributed by atoms with van der Waals surface area (Å²) in [7, 11) is 1.72. The number of benzene rings is 2. The molecule has 2 aromatic carbocycles. The average Bonchev–Trinajstić information content (AvgIpc) is 3.29. The van der Waals surface area contributed by atoms with E-state index in [0.29, 0.717) is 18.5 Å². The minimum atomic E-state index is -0.292. The monoisotopic (exact) mass is 301 g/mol. The van der Waals surface area contributed by atoms with Gasteiger partial charge in [0.05, 0.1) is 0 Å². The van der Waals surface area contributed by atoms with E-state index in [1.165, 1.54) is 18.2 Å². The molecular weight excluding hydrogens is 284 g/mol. The van der Waals surface area contributed by atoms with E-state index in [2.05, 4.69) is 0 Å². The van der Waals surface area contributed by atoms with Gasteiger partial charge in [0.1, 0.15) is 11.6 Å². The van der Waals surface area contributed by atoms with Crippen LogP contribution in [0.5, 0.6) is 0 Å². The molecule has 0 aliphatic heterocycles. The van der Waals surface area contributed by atoms with Gasteiger partial charge in [0.2, 0.25) is 5.91 Å². The number of hydrogen-bond acceptors (Lipinski definition) is 1. The fourth-order valence-corrected chi connectivity index (χ4v) is 2.81. The number of carbonyl (C=O) groups excluding carboxylic acids is 1. The Morgan fingerprint density at radius 3 is 2.50 bits per heavy atom. The lowest BCUT2D eigenvalue weighted by Crippen LogP contribution is -2.28. The molecule has 0 N–H and O–H groups in total. The SMILES string of the molecule is CN(Cc1ccc(F)cc1)C(=O)C1CC1c1ccccc1F. The molecule has 1 saturated carbocycles. The number of amides is 1. The van der Waals surface area contributed by atoms with Crippen LogP contribution in [0.1, 0.15) is 23.5 Å². The van der Waals surface area contributed by atoms with E-state index in [1.807, 2.05) is 0 Å². The molecule has 0 aromatic heterocycles. The predicted octanol–water partition coefficient (Wildman–Crippen LogP) is 3.73. The van der Waals surface area contributed by atoms with Crippen molar-refractivity contribution in [2.75, 3.05) is 7.05 Å². The summed E-state index contributed by atoms with van der Waals surface area (Å²) in [6, 6.07) is 12.7. The lowest BCUT2D eigenvalue weighted by Gasteiger charge is -2.17. The number of carbonyl (C=O) groups is 1. The molecule has 0 bridgehead atoms. The summed E-state index contributed by atoms with van der Waals surface area (Å²) in [6.07, 6.45) is 0.688. The second kappa shape index (κ2) is 5.87. The standard InChI is InChI=1S/C18H17F2NO/c1-21(11-12-6-8-13(19)9-7-12)18(22)16-10-15(16)14-4-2-3-5-17(14)20/h2-9,15-16H,10-11H2,1H3. The molecule has 1 aliphatic carbocycles. The quantitative estimate of drug-likeness (QED) is 0.842. The highest BCUT2D eigenvalue weighted by molar-refractivity contribution is 5.82. The Labute approximate surface area is 128 Å². The zero-order valence-corrected chi connectivity index (χ0v) is 12.3. The third-order valence-corrected chi connectivity index (χ3v) is 4.12. The number of rotatable bonds is 4. The summed E-state index contributed by atoms with van der Waals surface area (Å²) >= 11 is 0. The van der Waals surface area contributed by atoms with Gasteiger partial charge in [-0.25, -0.2) is 8.78 Å². The van der Waals surface area contributed by atoms with E-state index in [4.69, 9.17) is 0 Å². The zero-order valence-electron chi connectivity index (χ0n) is 12.3. The first-order valence-corrected chi connectivity index (χ1v) is 7.30. The Morgan fingerprint density at radius 1 is 1.14 bits per heavy atom. The first-order chi connectivity index (χ1) is 10.6. The molecule has 2 atom stereocenters. The summed E-state index contributed by atoms with van der Waals surface area (Å²) < 4.78 is 26.6. The second-order valence-electron chi connectivity index (χ2n) is 5.79. The summed E-state index contributed by atoms with van der Waals surface area (Å²) in [4.78, 5) is 14.0. The molecule has 0 spiro atoms. The fourth-order valence-electron chi connectivity index (χ4n) is 2.81. The van der Waals surface area contributed by atoms with Crippen molar-refractivity contribution in [3.8, 4) is 0 Å². The highest BCUT2D eigenvalue weighted by Crippen LogP contribution is 2.49. The second-order valence-corrected chi connectivity index (χ2v) is 5.79. The number of nitrogens with zero attached hydrogens (tertiary/aromatic N) is 1. The van der Waals surface area contributed by atoms with E-state index in [1.54, 1.807) is 42.3 Å². The molecule has 0 saturated heterocycles. The highest BCUT2D eigenvalue weighted by Gasteiger charge is 2.46. The van der Waals surface area contributed by atoms with Gasteiger partial charge in [0.25, 0.3) is 0 Å². The van der Waals surface area contributed by atoms with Gasteiger partial charge in [-0.05, 0) is 41.7 Å². The summed E-state index contributed by atoms with van der Waals surface area (Å²) in [6.45, 7) is 0.430. The molecule has 0 heterocycles. The highest BCUT2D eigenvalue weighted by atomic mass is 19.1. The molecule has 4 heteroatoms. The van der Waals surface area contributed by atoms with Gasteiger partial charge in [-0.15, -0.1) is 0 Å². The van der Waals surface area contributed by atoms with Crippen LogP contribution in [0.15, 0.2) is 48.5 Å². The predicted molar refractivity (Wildman–Crippen MR) is 80.1 cm³/mol. The lowest BCUT2D eigenvalue weighted by molar-refractivity contribution is -0.131. The van der Waals surface area contributed by atoms with Gasteiger partial charge in [0.15, 0.2) is 0 Å². The minimum absolute atomic E-state index is 0.0116. The fraction of sp³-hybridized carbons (Fsp3) is 0.278. The molecule has 1 aliphatic rings. The van der Waals surface area contributed by atoms with Crippen LogP contribution in [0.3, 0.4) is 0 Å². The zero-order chi connectivity index (χ0) is 15.7. The maximum atomic E-state index is 13.7. The number of halogens is 2.